The molecule has 0 saturated heterocycles. The summed E-state index contributed by atoms with van der Waals surface area (Å²) < 4.78 is 1.81. The van der Waals surface area contributed by atoms with Crippen LogP contribution in [0.5, 0.6) is 0 Å². The molecular formula is C12H16N4. The minimum atomic E-state index is 0.322. The Morgan fingerprint density at radius 2 is 2.12 bits per heavy atom. The SMILES string of the molecule is CC(NCc1cnn(C)c1)c1ccncc1. The van der Waals surface area contributed by atoms with Crippen LogP contribution in [0.15, 0.2) is 36.9 Å². The molecule has 1 unspecified atom stereocenters. The molecule has 0 aromatic carbocycles. The molecule has 0 saturated carbocycles. The Labute approximate surface area is 95.3 Å². The fourth-order valence-electron chi connectivity index (χ4n) is 1.60. The third-order valence-electron chi connectivity index (χ3n) is 2.58. The summed E-state index contributed by atoms with van der Waals surface area (Å²) >= 11 is 0. The molecule has 16 heavy (non-hydrogen) atoms. The fraction of sp³-hybridized carbons (Fsp3) is 0.333. The second-order valence-corrected chi connectivity index (χ2v) is 3.91. The Morgan fingerprint density at radius 3 is 2.75 bits per heavy atom. The van der Waals surface area contributed by atoms with Crippen molar-refractivity contribution in [2.75, 3.05) is 0 Å². The van der Waals surface area contributed by atoms with Gasteiger partial charge in [-0.2, -0.15) is 5.10 Å². The van der Waals surface area contributed by atoms with Crippen LogP contribution < -0.4 is 5.32 Å². The average molecular weight is 216 g/mol. The van der Waals surface area contributed by atoms with Crippen LogP contribution in [0.2, 0.25) is 0 Å². The quantitative estimate of drug-likeness (QED) is 0.845. The molecule has 2 aromatic rings. The first-order chi connectivity index (χ1) is 7.75. The Morgan fingerprint density at radius 1 is 1.38 bits per heavy atom. The molecule has 2 aromatic heterocycles. The first kappa shape index (κ1) is 10.8. The molecule has 4 nitrogen and oxygen atoms in total. The number of rotatable bonds is 4. The van der Waals surface area contributed by atoms with E-state index in [9.17, 15) is 0 Å². The minimum absolute atomic E-state index is 0.322. The highest BCUT2D eigenvalue weighted by atomic mass is 15.2. The van der Waals surface area contributed by atoms with E-state index in [-0.39, 0.29) is 0 Å². The first-order valence-electron chi connectivity index (χ1n) is 5.36. The summed E-state index contributed by atoms with van der Waals surface area (Å²) in [6.45, 7) is 2.98. The summed E-state index contributed by atoms with van der Waals surface area (Å²) in [5, 5.41) is 7.58. The van der Waals surface area contributed by atoms with Gasteiger partial charge in [0.1, 0.15) is 0 Å². The van der Waals surface area contributed by atoms with Crippen molar-refractivity contribution in [1.29, 1.82) is 0 Å². The number of hydrogen-bond acceptors (Lipinski definition) is 3. The van der Waals surface area contributed by atoms with Crippen LogP contribution >= 0.6 is 0 Å². The lowest BCUT2D eigenvalue weighted by Gasteiger charge is -2.12. The molecule has 0 fully saturated rings. The molecule has 4 heteroatoms. The van der Waals surface area contributed by atoms with Crippen molar-refractivity contribution in [2.45, 2.75) is 19.5 Å². The van der Waals surface area contributed by atoms with Gasteiger partial charge in [0.15, 0.2) is 0 Å². The van der Waals surface area contributed by atoms with Gasteiger partial charge in [0.25, 0.3) is 0 Å². The van der Waals surface area contributed by atoms with E-state index in [4.69, 9.17) is 0 Å². The minimum Gasteiger partial charge on any atom is -0.306 e. The lowest BCUT2D eigenvalue weighted by molar-refractivity contribution is 0.574. The van der Waals surface area contributed by atoms with E-state index in [1.165, 1.54) is 11.1 Å². The van der Waals surface area contributed by atoms with Crippen molar-refractivity contribution in [3.63, 3.8) is 0 Å². The predicted molar refractivity (Wildman–Crippen MR) is 62.7 cm³/mol. The molecule has 0 aliphatic heterocycles. The maximum absolute atomic E-state index is 4.13. The smallest absolute Gasteiger partial charge is 0.0534 e. The maximum Gasteiger partial charge on any atom is 0.0534 e. The van der Waals surface area contributed by atoms with Crippen molar-refractivity contribution in [3.05, 3.63) is 48.0 Å². The monoisotopic (exact) mass is 216 g/mol. The fourth-order valence-corrected chi connectivity index (χ4v) is 1.60. The highest BCUT2D eigenvalue weighted by Gasteiger charge is 2.04. The van der Waals surface area contributed by atoms with E-state index >= 15 is 0 Å². The van der Waals surface area contributed by atoms with Gasteiger partial charge >= 0.3 is 0 Å². The van der Waals surface area contributed by atoms with Crippen LogP contribution in [0.1, 0.15) is 24.1 Å². The van der Waals surface area contributed by atoms with E-state index < -0.39 is 0 Å². The third kappa shape index (κ3) is 2.67. The average Bonchev–Trinajstić information content (AvgIpc) is 2.73. The zero-order valence-corrected chi connectivity index (χ0v) is 9.59. The zero-order chi connectivity index (χ0) is 11.4. The molecule has 2 rings (SSSR count). The molecule has 0 aliphatic carbocycles. The van der Waals surface area contributed by atoms with E-state index in [1.54, 1.807) is 0 Å². The van der Waals surface area contributed by atoms with Gasteiger partial charge in [-0.15, -0.1) is 0 Å². The van der Waals surface area contributed by atoms with E-state index in [0.29, 0.717) is 6.04 Å². The van der Waals surface area contributed by atoms with Crippen molar-refractivity contribution in [2.24, 2.45) is 7.05 Å². The number of nitrogens with one attached hydrogen (secondary N) is 1. The molecule has 0 spiro atoms. The third-order valence-corrected chi connectivity index (χ3v) is 2.58. The largest absolute Gasteiger partial charge is 0.306 e. The Bertz CT molecular complexity index is 435. The number of hydrogen-bond donors (Lipinski definition) is 1. The van der Waals surface area contributed by atoms with Gasteiger partial charge in [-0.25, -0.2) is 0 Å². The topological polar surface area (TPSA) is 42.7 Å². The van der Waals surface area contributed by atoms with Gasteiger partial charge in [-0.1, -0.05) is 0 Å². The molecule has 0 bridgehead atoms. The standard InChI is InChI=1S/C12H16N4/c1-10(12-3-5-13-6-4-12)14-7-11-8-15-16(2)9-11/h3-6,8-10,14H,7H2,1-2H3. The lowest BCUT2D eigenvalue weighted by atomic mass is 10.1. The van der Waals surface area contributed by atoms with Gasteiger partial charge in [-0.3, -0.25) is 9.67 Å². The number of pyridine rings is 1. The highest BCUT2D eigenvalue weighted by Crippen LogP contribution is 2.10. The highest BCUT2D eigenvalue weighted by molar-refractivity contribution is 5.14. The second-order valence-electron chi connectivity index (χ2n) is 3.91. The maximum atomic E-state index is 4.13. The van der Waals surface area contributed by atoms with Crippen molar-refractivity contribution in [1.82, 2.24) is 20.1 Å². The molecule has 0 aliphatic rings. The van der Waals surface area contributed by atoms with Gasteiger partial charge in [0.05, 0.1) is 6.20 Å². The van der Waals surface area contributed by atoms with Crippen molar-refractivity contribution in [3.8, 4) is 0 Å². The second kappa shape index (κ2) is 4.90. The van der Waals surface area contributed by atoms with Crippen molar-refractivity contribution < 1.29 is 0 Å². The van der Waals surface area contributed by atoms with Crippen LogP contribution in [0.4, 0.5) is 0 Å². The first-order valence-corrected chi connectivity index (χ1v) is 5.36. The molecule has 2 heterocycles. The number of aryl methyl sites for hydroxylation is 1. The summed E-state index contributed by atoms with van der Waals surface area (Å²) in [6.07, 6.45) is 7.54. The predicted octanol–water partition coefficient (Wildman–Crippen LogP) is 1.67. The molecular weight excluding hydrogens is 200 g/mol. The number of aromatic nitrogens is 3. The Balaban J connectivity index is 1.91. The van der Waals surface area contributed by atoms with Gasteiger partial charge in [0.2, 0.25) is 0 Å². The van der Waals surface area contributed by atoms with Crippen LogP contribution in [0, 0.1) is 0 Å². The summed E-state index contributed by atoms with van der Waals surface area (Å²) in [5.74, 6) is 0. The van der Waals surface area contributed by atoms with E-state index in [0.717, 1.165) is 6.54 Å². The molecule has 0 radical (unpaired) electrons. The van der Waals surface area contributed by atoms with Gasteiger partial charge in [0, 0.05) is 43.8 Å². The van der Waals surface area contributed by atoms with Crippen LogP contribution in [0.3, 0.4) is 0 Å². The summed E-state index contributed by atoms with van der Waals surface area (Å²) in [6, 6.07) is 4.38. The van der Waals surface area contributed by atoms with E-state index in [1.807, 2.05) is 48.6 Å². The number of nitrogens with zero attached hydrogens (tertiary/aromatic N) is 3. The van der Waals surface area contributed by atoms with Crippen LogP contribution in [-0.4, -0.2) is 14.8 Å². The summed E-state index contributed by atoms with van der Waals surface area (Å²) in [7, 11) is 1.93. The summed E-state index contributed by atoms with van der Waals surface area (Å²) in [5.41, 5.74) is 2.45. The van der Waals surface area contributed by atoms with Crippen LogP contribution in [-0.2, 0) is 13.6 Å². The Kier molecular flexibility index (Phi) is 3.31. The zero-order valence-electron chi connectivity index (χ0n) is 9.59. The molecule has 1 atom stereocenters. The van der Waals surface area contributed by atoms with Crippen molar-refractivity contribution >= 4 is 0 Å². The molecule has 84 valence electrons. The molecule has 0 amide bonds. The molecule has 1 N–H and O–H groups in total. The van der Waals surface area contributed by atoms with Gasteiger partial charge < -0.3 is 5.32 Å². The Hall–Kier alpha value is -1.68. The normalized spacial score (nSPS) is 12.6. The van der Waals surface area contributed by atoms with E-state index in [2.05, 4.69) is 22.3 Å². The van der Waals surface area contributed by atoms with Crippen LogP contribution in [0.25, 0.3) is 0 Å². The summed E-state index contributed by atoms with van der Waals surface area (Å²) in [4.78, 5) is 4.01. The lowest BCUT2D eigenvalue weighted by Crippen LogP contribution is -2.17. The van der Waals surface area contributed by atoms with Gasteiger partial charge in [-0.05, 0) is 24.6 Å².